The van der Waals surface area contributed by atoms with Gasteiger partial charge in [0.1, 0.15) is 5.15 Å². The van der Waals surface area contributed by atoms with Crippen LogP contribution in [-0.4, -0.2) is 10.9 Å². The molecule has 1 heterocycles. The molecule has 0 saturated carbocycles. The molecule has 1 unspecified atom stereocenters. The highest BCUT2D eigenvalue weighted by Gasteiger charge is 2.24. The van der Waals surface area contributed by atoms with Crippen LogP contribution in [-0.2, 0) is 6.42 Å². The number of fused-ring (bicyclic) bond motifs is 1. The van der Waals surface area contributed by atoms with Crippen LogP contribution < -0.4 is 5.32 Å². The van der Waals surface area contributed by atoms with Gasteiger partial charge < -0.3 is 5.32 Å². The van der Waals surface area contributed by atoms with Gasteiger partial charge in [-0.05, 0) is 36.1 Å². The quantitative estimate of drug-likeness (QED) is 0.854. The van der Waals surface area contributed by atoms with Gasteiger partial charge in [0, 0.05) is 6.20 Å². The number of carbonyl (C=O) groups excluding carboxylic acids is 1. The third-order valence-electron chi connectivity index (χ3n) is 3.44. The summed E-state index contributed by atoms with van der Waals surface area (Å²) in [7, 11) is 0. The average molecular weight is 273 g/mol. The van der Waals surface area contributed by atoms with Crippen molar-refractivity contribution in [3.63, 3.8) is 0 Å². The maximum atomic E-state index is 12.2. The number of benzene rings is 1. The monoisotopic (exact) mass is 272 g/mol. The summed E-state index contributed by atoms with van der Waals surface area (Å²) < 4.78 is 0. The van der Waals surface area contributed by atoms with Gasteiger partial charge in [0.25, 0.3) is 5.91 Å². The Hall–Kier alpha value is -1.87. The average Bonchev–Trinajstić information content (AvgIpc) is 2.83. The molecule has 3 nitrogen and oxygen atoms in total. The molecule has 19 heavy (non-hydrogen) atoms. The van der Waals surface area contributed by atoms with E-state index in [2.05, 4.69) is 22.4 Å². The van der Waals surface area contributed by atoms with Gasteiger partial charge in [0.05, 0.1) is 11.6 Å². The Bertz CT molecular complexity index is 627. The fourth-order valence-corrected chi connectivity index (χ4v) is 2.70. The van der Waals surface area contributed by atoms with Crippen LogP contribution in [0.25, 0.3) is 0 Å². The number of halogens is 1. The zero-order chi connectivity index (χ0) is 13.2. The molecule has 1 atom stereocenters. The van der Waals surface area contributed by atoms with Crippen molar-refractivity contribution in [1.82, 2.24) is 10.3 Å². The lowest BCUT2D eigenvalue weighted by atomic mass is 10.1. The molecule has 96 valence electrons. The second kappa shape index (κ2) is 5.02. The summed E-state index contributed by atoms with van der Waals surface area (Å²) in [6.45, 7) is 0. The van der Waals surface area contributed by atoms with Crippen LogP contribution in [0, 0.1) is 0 Å². The number of rotatable bonds is 2. The maximum Gasteiger partial charge on any atom is 0.254 e. The minimum atomic E-state index is -0.167. The zero-order valence-corrected chi connectivity index (χ0v) is 11.0. The lowest BCUT2D eigenvalue weighted by Crippen LogP contribution is -2.27. The molecular weight excluding hydrogens is 260 g/mol. The summed E-state index contributed by atoms with van der Waals surface area (Å²) in [4.78, 5) is 16.1. The number of amides is 1. The Morgan fingerprint density at radius 3 is 2.95 bits per heavy atom. The van der Waals surface area contributed by atoms with Gasteiger partial charge in [-0.2, -0.15) is 0 Å². The normalized spacial score (nSPS) is 17.0. The largest absolute Gasteiger partial charge is 0.345 e. The lowest BCUT2D eigenvalue weighted by Gasteiger charge is -2.14. The van der Waals surface area contributed by atoms with E-state index in [0.717, 1.165) is 12.8 Å². The smallest absolute Gasteiger partial charge is 0.254 e. The van der Waals surface area contributed by atoms with E-state index >= 15 is 0 Å². The van der Waals surface area contributed by atoms with Crippen molar-refractivity contribution in [3.8, 4) is 0 Å². The Kier molecular flexibility index (Phi) is 3.22. The van der Waals surface area contributed by atoms with E-state index in [1.807, 2.05) is 12.1 Å². The summed E-state index contributed by atoms with van der Waals surface area (Å²) in [5.74, 6) is -0.167. The first-order chi connectivity index (χ1) is 9.25. The number of aromatic nitrogens is 1. The van der Waals surface area contributed by atoms with Gasteiger partial charge in [0.15, 0.2) is 0 Å². The van der Waals surface area contributed by atoms with E-state index in [4.69, 9.17) is 11.6 Å². The molecule has 1 amide bonds. The number of hydrogen-bond acceptors (Lipinski definition) is 2. The van der Waals surface area contributed by atoms with Crippen molar-refractivity contribution >= 4 is 17.5 Å². The van der Waals surface area contributed by atoms with Gasteiger partial charge in [-0.3, -0.25) is 4.79 Å². The van der Waals surface area contributed by atoms with Crippen LogP contribution in [0.5, 0.6) is 0 Å². The number of hydrogen-bond donors (Lipinski definition) is 1. The number of carbonyl (C=O) groups is 1. The molecule has 1 N–H and O–H groups in total. The van der Waals surface area contributed by atoms with E-state index in [1.165, 1.54) is 11.1 Å². The summed E-state index contributed by atoms with van der Waals surface area (Å²) >= 11 is 5.93. The number of pyridine rings is 1. The van der Waals surface area contributed by atoms with Crippen LogP contribution in [0.3, 0.4) is 0 Å². The fraction of sp³-hybridized carbons (Fsp3) is 0.200. The standard InChI is InChI=1S/C15H13ClN2O/c16-14-12(6-3-9-17-14)15(19)18-13-8-7-10-4-1-2-5-11(10)13/h1-6,9,13H,7-8H2,(H,18,19). The lowest BCUT2D eigenvalue weighted by molar-refractivity contribution is 0.0936. The Morgan fingerprint density at radius 1 is 1.26 bits per heavy atom. The fourth-order valence-electron chi connectivity index (χ4n) is 2.50. The molecule has 0 radical (unpaired) electrons. The summed E-state index contributed by atoms with van der Waals surface area (Å²) in [6, 6.07) is 11.7. The Balaban J connectivity index is 1.81. The minimum Gasteiger partial charge on any atom is -0.345 e. The van der Waals surface area contributed by atoms with Gasteiger partial charge in [0.2, 0.25) is 0 Å². The van der Waals surface area contributed by atoms with Gasteiger partial charge >= 0.3 is 0 Å². The van der Waals surface area contributed by atoms with Gasteiger partial charge in [-0.15, -0.1) is 0 Å². The number of aryl methyl sites for hydroxylation is 1. The predicted octanol–water partition coefficient (Wildman–Crippen LogP) is 3.15. The van der Waals surface area contributed by atoms with Crippen LogP contribution >= 0.6 is 11.6 Å². The number of nitrogens with zero attached hydrogens (tertiary/aromatic N) is 1. The molecule has 1 aromatic carbocycles. The highest BCUT2D eigenvalue weighted by molar-refractivity contribution is 6.32. The molecule has 4 heteroatoms. The van der Waals surface area contributed by atoms with E-state index in [0.29, 0.717) is 5.56 Å². The second-order valence-corrected chi connectivity index (χ2v) is 4.96. The van der Waals surface area contributed by atoms with Gasteiger partial charge in [-0.25, -0.2) is 4.98 Å². The molecule has 1 aromatic heterocycles. The molecular formula is C15H13ClN2O. The molecule has 0 bridgehead atoms. The molecule has 0 aliphatic heterocycles. The first kappa shape index (κ1) is 12.2. The summed E-state index contributed by atoms with van der Waals surface area (Å²) in [5.41, 5.74) is 2.94. The van der Waals surface area contributed by atoms with Crippen molar-refractivity contribution < 1.29 is 4.79 Å². The van der Waals surface area contributed by atoms with Crippen LogP contribution in [0.4, 0.5) is 0 Å². The maximum absolute atomic E-state index is 12.2. The van der Waals surface area contributed by atoms with Gasteiger partial charge in [-0.1, -0.05) is 35.9 Å². The highest BCUT2D eigenvalue weighted by Crippen LogP contribution is 2.31. The van der Waals surface area contributed by atoms with E-state index in [-0.39, 0.29) is 17.1 Å². The topological polar surface area (TPSA) is 42.0 Å². The Morgan fingerprint density at radius 2 is 2.11 bits per heavy atom. The van der Waals surface area contributed by atoms with E-state index in [9.17, 15) is 4.79 Å². The van der Waals surface area contributed by atoms with Crippen LogP contribution in [0.2, 0.25) is 5.15 Å². The van der Waals surface area contributed by atoms with Crippen molar-refractivity contribution in [1.29, 1.82) is 0 Å². The van der Waals surface area contributed by atoms with Crippen molar-refractivity contribution in [2.45, 2.75) is 18.9 Å². The first-order valence-electron chi connectivity index (χ1n) is 6.25. The summed E-state index contributed by atoms with van der Waals surface area (Å²) in [5, 5.41) is 3.27. The second-order valence-electron chi connectivity index (χ2n) is 4.61. The predicted molar refractivity (Wildman–Crippen MR) is 74.2 cm³/mol. The van der Waals surface area contributed by atoms with Crippen molar-refractivity contribution in [2.24, 2.45) is 0 Å². The molecule has 2 aromatic rings. The molecule has 1 aliphatic rings. The zero-order valence-electron chi connectivity index (χ0n) is 10.3. The SMILES string of the molecule is O=C(NC1CCc2ccccc21)c1cccnc1Cl. The Labute approximate surface area is 116 Å². The molecule has 0 saturated heterocycles. The molecule has 0 fully saturated rings. The van der Waals surface area contributed by atoms with Crippen LogP contribution in [0.1, 0.15) is 33.9 Å². The van der Waals surface area contributed by atoms with E-state index in [1.54, 1.807) is 18.3 Å². The van der Waals surface area contributed by atoms with Crippen molar-refractivity contribution in [2.75, 3.05) is 0 Å². The molecule has 1 aliphatic carbocycles. The minimum absolute atomic E-state index is 0.0694. The summed E-state index contributed by atoms with van der Waals surface area (Å²) in [6.07, 6.45) is 3.51. The van der Waals surface area contributed by atoms with Crippen LogP contribution in [0.15, 0.2) is 42.6 Å². The molecule has 0 spiro atoms. The third kappa shape index (κ3) is 2.34. The molecule has 3 rings (SSSR count). The van der Waals surface area contributed by atoms with Crippen molar-refractivity contribution in [3.05, 3.63) is 64.4 Å². The third-order valence-corrected chi connectivity index (χ3v) is 3.74. The highest BCUT2D eigenvalue weighted by atomic mass is 35.5. The van der Waals surface area contributed by atoms with E-state index < -0.39 is 0 Å². The number of nitrogens with one attached hydrogen (secondary N) is 1. The first-order valence-corrected chi connectivity index (χ1v) is 6.62.